The molecular weight excluding hydrogens is 388 g/mol. The van der Waals surface area contributed by atoms with Gasteiger partial charge in [0, 0.05) is 6.61 Å². The number of aromatic hydroxyl groups is 1. The number of hydrogen-bond acceptors (Lipinski definition) is 3. The standard InChI is InChI=1S/C27H44O4/c1-4-5-6-9-16-27(2,3)22-14-15-23(25(29)19-22)24-18-21(26(30)31)13-12-20(24)11-8-7-10-17-28/h14-15,19-21,24,28-29H,4-13,16-18H2,1-3H3,(H,30,31)/t20-,21-,24-/m1/s1. The monoisotopic (exact) mass is 432 g/mol. The van der Waals surface area contributed by atoms with Crippen LogP contribution in [0.3, 0.4) is 0 Å². The normalized spacial score (nSPS) is 21.9. The molecule has 0 aliphatic heterocycles. The van der Waals surface area contributed by atoms with E-state index in [4.69, 9.17) is 5.11 Å². The van der Waals surface area contributed by atoms with Gasteiger partial charge < -0.3 is 15.3 Å². The number of hydrogen-bond donors (Lipinski definition) is 3. The molecule has 0 saturated heterocycles. The van der Waals surface area contributed by atoms with Crippen molar-refractivity contribution in [1.82, 2.24) is 0 Å². The van der Waals surface area contributed by atoms with Crippen molar-refractivity contribution in [3.8, 4) is 5.75 Å². The summed E-state index contributed by atoms with van der Waals surface area (Å²) in [5, 5.41) is 29.6. The molecule has 1 aliphatic rings. The summed E-state index contributed by atoms with van der Waals surface area (Å²) in [6.07, 6.45) is 12.2. The van der Waals surface area contributed by atoms with Crippen molar-refractivity contribution < 1.29 is 20.1 Å². The third kappa shape index (κ3) is 7.52. The summed E-state index contributed by atoms with van der Waals surface area (Å²) in [7, 11) is 0. The second-order valence-corrected chi connectivity index (χ2v) is 10.3. The highest BCUT2D eigenvalue weighted by atomic mass is 16.4. The van der Waals surface area contributed by atoms with Crippen molar-refractivity contribution in [1.29, 1.82) is 0 Å². The highest BCUT2D eigenvalue weighted by molar-refractivity contribution is 5.70. The number of rotatable bonds is 13. The van der Waals surface area contributed by atoms with E-state index in [1.54, 1.807) is 0 Å². The van der Waals surface area contributed by atoms with Gasteiger partial charge in [0.05, 0.1) is 5.92 Å². The first-order valence-corrected chi connectivity index (χ1v) is 12.5. The minimum Gasteiger partial charge on any atom is -0.508 e. The quantitative estimate of drug-likeness (QED) is 0.300. The number of aliphatic carboxylic acids is 1. The molecule has 1 aromatic carbocycles. The van der Waals surface area contributed by atoms with Crippen LogP contribution < -0.4 is 0 Å². The number of aliphatic hydroxyl groups is 1. The third-order valence-corrected chi connectivity index (χ3v) is 7.44. The molecule has 1 aromatic rings. The van der Waals surface area contributed by atoms with Crippen molar-refractivity contribution in [3.63, 3.8) is 0 Å². The molecule has 0 unspecified atom stereocenters. The molecule has 0 bridgehead atoms. The maximum atomic E-state index is 11.7. The Morgan fingerprint density at radius 1 is 1.06 bits per heavy atom. The topological polar surface area (TPSA) is 77.8 Å². The predicted molar refractivity (Wildman–Crippen MR) is 127 cm³/mol. The van der Waals surface area contributed by atoms with E-state index < -0.39 is 5.97 Å². The Labute approximate surface area is 189 Å². The van der Waals surface area contributed by atoms with E-state index >= 15 is 0 Å². The second kappa shape index (κ2) is 12.5. The minimum atomic E-state index is -0.715. The Morgan fingerprint density at radius 2 is 1.81 bits per heavy atom. The molecule has 1 fully saturated rings. The first kappa shape index (κ1) is 25.7. The molecule has 3 atom stereocenters. The van der Waals surface area contributed by atoms with Crippen LogP contribution in [0.5, 0.6) is 5.75 Å². The Hall–Kier alpha value is -1.55. The summed E-state index contributed by atoms with van der Waals surface area (Å²) < 4.78 is 0. The van der Waals surface area contributed by atoms with E-state index in [0.717, 1.165) is 56.1 Å². The largest absolute Gasteiger partial charge is 0.508 e. The molecule has 31 heavy (non-hydrogen) atoms. The molecule has 176 valence electrons. The molecule has 1 saturated carbocycles. The molecule has 4 heteroatoms. The van der Waals surface area contributed by atoms with Gasteiger partial charge in [0.1, 0.15) is 5.75 Å². The Morgan fingerprint density at radius 3 is 2.45 bits per heavy atom. The van der Waals surface area contributed by atoms with Crippen molar-refractivity contribution in [3.05, 3.63) is 29.3 Å². The van der Waals surface area contributed by atoms with Crippen LogP contribution in [0.1, 0.15) is 115 Å². The maximum Gasteiger partial charge on any atom is 0.306 e. The van der Waals surface area contributed by atoms with E-state index in [2.05, 4.69) is 32.9 Å². The lowest BCUT2D eigenvalue weighted by Crippen LogP contribution is -2.28. The summed E-state index contributed by atoms with van der Waals surface area (Å²) in [6.45, 7) is 6.95. The van der Waals surface area contributed by atoms with Gasteiger partial charge >= 0.3 is 5.97 Å². The average molecular weight is 433 g/mol. The van der Waals surface area contributed by atoms with Crippen LogP contribution in [0.15, 0.2) is 18.2 Å². The smallest absolute Gasteiger partial charge is 0.306 e. The lowest BCUT2D eigenvalue weighted by atomic mass is 9.68. The van der Waals surface area contributed by atoms with E-state index in [-0.39, 0.29) is 23.9 Å². The summed E-state index contributed by atoms with van der Waals surface area (Å²) in [5.41, 5.74) is 2.10. The highest BCUT2D eigenvalue weighted by Gasteiger charge is 2.36. The Kier molecular flexibility index (Phi) is 10.3. The van der Waals surface area contributed by atoms with E-state index in [1.807, 2.05) is 6.07 Å². The second-order valence-electron chi connectivity index (χ2n) is 10.3. The highest BCUT2D eigenvalue weighted by Crippen LogP contribution is 2.46. The summed E-state index contributed by atoms with van der Waals surface area (Å²) >= 11 is 0. The molecule has 2 rings (SSSR count). The van der Waals surface area contributed by atoms with Crippen LogP contribution in [0.2, 0.25) is 0 Å². The lowest BCUT2D eigenvalue weighted by molar-refractivity contribution is -0.143. The van der Waals surface area contributed by atoms with Gasteiger partial charge in [-0.3, -0.25) is 4.79 Å². The first-order chi connectivity index (χ1) is 14.8. The lowest BCUT2D eigenvalue weighted by Gasteiger charge is -2.36. The van der Waals surface area contributed by atoms with Crippen LogP contribution in [-0.4, -0.2) is 27.9 Å². The number of unbranched alkanes of at least 4 members (excludes halogenated alkanes) is 5. The van der Waals surface area contributed by atoms with Gasteiger partial charge in [0.2, 0.25) is 0 Å². The van der Waals surface area contributed by atoms with Crippen LogP contribution in [-0.2, 0) is 10.2 Å². The van der Waals surface area contributed by atoms with Gasteiger partial charge in [-0.25, -0.2) is 0 Å². The van der Waals surface area contributed by atoms with Crippen LogP contribution in [0.25, 0.3) is 0 Å². The number of aliphatic hydroxyl groups excluding tert-OH is 1. The molecule has 0 amide bonds. The number of phenols is 1. The van der Waals surface area contributed by atoms with Gasteiger partial charge in [-0.15, -0.1) is 0 Å². The molecular formula is C27H44O4. The first-order valence-electron chi connectivity index (χ1n) is 12.5. The van der Waals surface area contributed by atoms with Crippen molar-refractivity contribution in [2.45, 2.75) is 109 Å². The summed E-state index contributed by atoms with van der Waals surface area (Å²) in [4.78, 5) is 11.7. The summed E-state index contributed by atoms with van der Waals surface area (Å²) in [5.74, 6) is -0.227. The minimum absolute atomic E-state index is 0.0175. The van der Waals surface area contributed by atoms with Crippen LogP contribution >= 0.6 is 0 Å². The van der Waals surface area contributed by atoms with Crippen LogP contribution in [0.4, 0.5) is 0 Å². The fraction of sp³-hybridized carbons (Fsp3) is 0.741. The van der Waals surface area contributed by atoms with Gasteiger partial charge in [0.15, 0.2) is 0 Å². The van der Waals surface area contributed by atoms with E-state index in [1.165, 1.54) is 25.7 Å². The third-order valence-electron chi connectivity index (χ3n) is 7.44. The van der Waals surface area contributed by atoms with Crippen molar-refractivity contribution in [2.24, 2.45) is 11.8 Å². The van der Waals surface area contributed by atoms with Crippen molar-refractivity contribution in [2.75, 3.05) is 6.61 Å². The molecule has 1 aliphatic carbocycles. The number of carboxylic acid groups (broad SMARTS) is 1. The van der Waals surface area contributed by atoms with Crippen molar-refractivity contribution >= 4 is 5.97 Å². The molecule has 4 nitrogen and oxygen atoms in total. The van der Waals surface area contributed by atoms with Gasteiger partial charge in [0.25, 0.3) is 0 Å². The zero-order valence-corrected chi connectivity index (χ0v) is 19.9. The molecule has 0 heterocycles. The Bertz CT molecular complexity index is 682. The van der Waals surface area contributed by atoms with Gasteiger partial charge in [-0.1, -0.05) is 71.4 Å². The van der Waals surface area contributed by atoms with E-state index in [0.29, 0.717) is 18.1 Å². The maximum absolute atomic E-state index is 11.7. The van der Waals surface area contributed by atoms with Gasteiger partial charge in [-0.05, 0) is 73.0 Å². The predicted octanol–water partition coefficient (Wildman–Crippen LogP) is 6.78. The molecule has 3 N–H and O–H groups in total. The molecule has 0 radical (unpaired) electrons. The van der Waals surface area contributed by atoms with Gasteiger partial charge in [-0.2, -0.15) is 0 Å². The van der Waals surface area contributed by atoms with Crippen LogP contribution in [0, 0.1) is 11.8 Å². The number of carbonyl (C=O) groups is 1. The summed E-state index contributed by atoms with van der Waals surface area (Å²) in [6, 6.07) is 6.15. The number of phenolic OH excluding ortho intramolecular Hbond substituents is 1. The average Bonchev–Trinajstić information content (AvgIpc) is 2.74. The fourth-order valence-corrected chi connectivity index (χ4v) is 5.30. The van der Waals surface area contributed by atoms with E-state index in [9.17, 15) is 15.0 Å². The molecule has 0 aromatic heterocycles. The number of carboxylic acids is 1. The fourth-order valence-electron chi connectivity index (χ4n) is 5.30. The zero-order valence-electron chi connectivity index (χ0n) is 19.9. The Balaban J connectivity index is 2.16. The SMILES string of the molecule is CCCCCCC(C)(C)c1ccc([C@@H]2C[C@H](C(=O)O)CC[C@H]2CCCCCO)c(O)c1. The number of benzene rings is 1. The molecule has 0 spiro atoms. The zero-order chi connectivity index (χ0) is 22.9.